The summed E-state index contributed by atoms with van der Waals surface area (Å²) in [5, 5.41) is 98.5. The lowest BCUT2D eigenvalue weighted by molar-refractivity contribution is -0.135. The van der Waals surface area contributed by atoms with Crippen LogP contribution in [0.3, 0.4) is 0 Å². The Kier molecular flexibility index (Phi) is 27.0. The standard InChI is InChI=1S/C27H24O4S.C24H18O6S.2C24H18O5S/c1-17(2)21-6-4-5-7-22(21)27-26(23-14-11-19(28)16-24(23)32-27)31-20-12-8-18(9-13-20)10-15-25(29)30-3;1-29-20-13-18(9-4-14(20)5-11-22(27)28)30-23-19-10-8-17(26)12-21(19)31-24(23)15-2-6-16(25)7-3-15;1-14-12-15(3-11-22(27)28)2-10-20(14)29-23-19-9-8-18(26)13-21(19)30-24(23)16-4-6-17(25)7-5-16;1-14-12-19(9-4-15(14)5-11-22(27)28)29-23-20-10-8-18(26)13-21(20)30-24(23)16-2-6-17(25)7-3-16/h4-17,28H,1-3H3;2-13,25-26H,1H3,(H,27,28);2*2-13,25-26H,1H3,(H,27,28)/b15-10+;11-5+;11-3+;11-5+. The van der Waals surface area contributed by atoms with E-state index in [0.29, 0.717) is 57.5 Å². The Labute approximate surface area is 721 Å². The number of aromatic hydroxyl groups is 7. The van der Waals surface area contributed by atoms with Crippen molar-refractivity contribution in [1.82, 2.24) is 0 Å². The smallest absolute Gasteiger partial charge is 0.330 e. The minimum absolute atomic E-state index is 0.161. The number of carbonyl (C=O) groups is 4. The molecule has 618 valence electrons. The normalized spacial score (nSPS) is 11.2. The summed E-state index contributed by atoms with van der Waals surface area (Å²) in [6.07, 6.45) is 10.9. The van der Waals surface area contributed by atoms with Crippen molar-refractivity contribution in [3.05, 3.63) is 312 Å². The topological polar surface area (TPSA) is 326 Å². The summed E-state index contributed by atoms with van der Waals surface area (Å²) in [7, 11) is 2.85. The van der Waals surface area contributed by atoms with Gasteiger partial charge in [-0.05, 0) is 294 Å². The van der Waals surface area contributed by atoms with E-state index in [1.807, 2.05) is 105 Å². The molecule has 20 nitrogen and oxygen atoms in total. The zero-order chi connectivity index (χ0) is 87.1. The van der Waals surface area contributed by atoms with Crippen molar-refractivity contribution in [3.63, 3.8) is 0 Å². The lowest BCUT2D eigenvalue weighted by atomic mass is 9.96. The minimum atomic E-state index is -1.05. The van der Waals surface area contributed by atoms with Crippen LogP contribution >= 0.6 is 45.3 Å². The van der Waals surface area contributed by atoms with Crippen molar-refractivity contribution < 1.29 is 98.7 Å². The summed E-state index contributed by atoms with van der Waals surface area (Å²) in [5.74, 6) is 3.85. The first-order valence-electron chi connectivity index (χ1n) is 37.9. The first kappa shape index (κ1) is 85.8. The second kappa shape index (κ2) is 38.8. The summed E-state index contributed by atoms with van der Waals surface area (Å²) in [6.45, 7) is 8.14. The van der Waals surface area contributed by atoms with Crippen LogP contribution in [0.25, 0.3) is 106 Å². The second-order valence-electron chi connectivity index (χ2n) is 27.9. The maximum atomic E-state index is 11.3. The van der Waals surface area contributed by atoms with Crippen LogP contribution in [-0.2, 0) is 23.9 Å². The van der Waals surface area contributed by atoms with Gasteiger partial charge in [0, 0.05) is 76.3 Å². The molecule has 0 saturated carbocycles. The Morgan fingerprint density at radius 2 is 0.707 bits per heavy atom. The summed E-state index contributed by atoms with van der Waals surface area (Å²) in [4.78, 5) is 47.2. The SMILES string of the molecule is COC(=O)/C=C/c1ccc(Oc2c(-c3ccccc3C(C)C)sc3cc(O)ccc23)cc1.COc1cc(Oc2c(-c3ccc(O)cc3)sc3cc(O)ccc23)ccc1/C=C/C(=O)O.Cc1cc(/C=C/C(=O)O)ccc1Oc1c(-c2ccc(O)cc2)sc2cc(O)ccc12.Cc1cc(Oc2c(-c3ccc(O)cc3)sc3cc(O)ccc23)ccc1/C=C/C(=O)O. The summed E-state index contributed by atoms with van der Waals surface area (Å²) < 4.78 is 38.9. The van der Waals surface area contributed by atoms with E-state index in [4.69, 9.17) is 39.0 Å². The van der Waals surface area contributed by atoms with Gasteiger partial charge < -0.3 is 79.5 Å². The second-order valence-corrected chi connectivity index (χ2v) is 32.2. The van der Waals surface area contributed by atoms with E-state index < -0.39 is 23.9 Å². The summed E-state index contributed by atoms with van der Waals surface area (Å²) >= 11 is 6.06. The average molecular weight is 1720 g/mol. The fraction of sp³-hybridized carbons (Fsp3) is 0.0707. The highest BCUT2D eigenvalue weighted by Crippen LogP contribution is 2.53. The van der Waals surface area contributed by atoms with Gasteiger partial charge in [-0.25, -0.2) is 19.2 Å². The molecule has 0 bridgehead atoms. The quantitative estimate of drug-likeness (QED) is 0.0223. The number of hydrogen-bond donors (Lipinski definition) is 10. The number of hydrogen-bond acceptors (Lipinski definition) is 21. The number of carboxylic acids is 3. The molecule has 0 unspecified atom stereocenters. The number of aliphatic carboxylic acids is 3. The van der Waals surface area contributed by atoms with Crippen LogP contribution in [0, 0.1) is 13.8 Å². The monoisotopic (exact) mass is 1710 g/mol. The highest BCUT2D eigenvalue weighted by molar-refractivity contribution is 7.24. The number of benzene rings is 12. The van der Waals surface area contributed by atoms with Gasteiger partial charge in [-0.1, -0.05) is 62.4 Å². The van der Waals surface area contributed by atoms with E-state index in [1.54, 1.807) is 163 Å². The first-order chi connectivity index (χ1) is 59.2. The molecule has 0 radical (unpaired) electrons. The van der Waals surface area contributed by atoms with Crippen molar-refractivity contribution in [2.75, 3.05) is 14.2 Å². The Hall–Kier alpha value is -15.1. The predicted molar refractivity (Wildman–Crippen MR) is 488 cm³/mol. The Morgan fingerprint density at radius 3 is 1.14 bits per heavy atom. The highest BCUT2D eigenvalue weighted by atomic mass is 32.1. The molecule has 0 aliphatic carbocycles. The van der Waals surface area contributed by atoms with Crippen LogP contribution in [0.1, 0.15) is 58.7 Å². The molecule has 0 atom stereocenters. The molecular weight excluding hydrogens is 1640 g/mol. The molecule has 16 rings (SSSR count). The molecule has 0 saturated heterocycles. The van der Waals surface area contributed by atoms with Crippen molar-refractivity contribution in [1.29, 1.82) is 0 Å². The van der Waals surface area contributed by atoms with Gasteiger partial charge >= 0.3 is 23.9 Å². The van der Waals surface area contributed by atoms with Gasteiger partial charge in [0.15, 0.2) is 23.0 Å². The Bertz CT molecular complexity index is 6730. The molecule has 123 heavy (non-hydrogen) atoms. The van der Waals surface area contributed by atoms with E-state index >= 15 is 0 Å². The number of thiophene rings is 4. The third-order valence-corrected chi connectivity index (χ3v) is 23.7. The lowest BCUT2D eigenvalue weighted by Gasteiger charge is -2.14. The first-order valence-corrected chi connectivity index (χ1v) is 41.2. The van der Waals surface area contributed by atoms with Gasteiger partial charge in [0.05, 0.1) is 33.7 Å². The van der Waals surface area contributed by atoms with Crippen LogP contribution in [-0.4, -0.2) is 89.2 Å². The molecule has 0 aliphatic rings. The van der Waals surface area contributed by atoms with Gasteiger partial charge in [0.25, 0.3) is 0 Å². The number of esters is 1. The number of fused-ring (bicyclic) bond motifs is 4. The lowest BCUT2D eigenvalue weighted by Crippen LogP contribution is -1.93. The van der Waals surface area contributed by atoms with Gasteiger partial charge in [-0.2, -0.15) is 0 Å². The summed E-state index contributed by atoms with van der Waals surface area (Å²) in [6, 6.07) is 73.2. The number of ether oxygens (including phenoxy) is 6. The van der Waals surface area contributed by atoms with E-state index in [-0.39, 0.29) is 40.2 Å². The summed E-state index contributed by atoms with van der Waals surface area (Å²) in [5.41, 5.74) is 9.80. The van der Waals surface area contributed by atoms with Gasteiger partial charge in [-0.15, -0.1) is 45.3 Å². The van der Waals surface area contributed by atoms with Crippen molar-refractivity contribution >= 4 is 134 Å². The zero-order valence-corrected chi connectivity index (χ0v) is 69.8. The maximum Gasteiger partial charge on any atom is 0.330 e. The Balaban J connectivity index is 0.000000141. The number of phenols is 7. The molecular formula is C99H78O20S4. The third kappa shape index (κ3) is 21.3. The highest BCUT2D eigenvalue weighted by Gasteiger charge is 2.24. The molecule has 0 spiro atoms. The molecule has 4 heterocycles. The molecule has 24 heteroatoms. The van der Waals surface area contributed by atoms with Crippen LogP contribution < -0.4 is 23.7 Å². The predicted octanol–water partition coefficient (Wildman–Crippen LogP) is 25.6. The number of methoxy groups -OCH3 is 2. The fourth-order valence-corrected chi connectivity index (χ4v) is 17.7. The Morgan fingerprint density at radius 1 is 0.333 bits per heavy atom. The van der Waals surface area contributed by atoms with Crippen molar-refractivity contribution in [2.45, 2.75) is 33.6 Å². The van der Waals surface area contributed by atoms with E-state index in [2.05, 4.69) is 36.8 Å². The number of aryl methyl sites for hydroxylation is 2. The van der Waals surface area contributed by atoms with Gasteiger partial charge in [0.1, 0.15) is 69.0 Å². The molecule has 4 aromatic heterocycles. The number of carboxylic acid groups (broad SMARTS) is 3. The minimum Gasteiger partial charge on any atom is -0.508 e. The zero-order valence-electron chi connectivity index (χ0n) is 66.6. The van der Waals surface area contributed by atoms with Gasteiger partial charge in [0.2, 0.25) is 0 Å². The van der Waals surface area contributed by atoms with Crippen LogP contribution in [0.2, 0.25) is 0 Å². The van der Waals surface area contributed by atoms with E-state index in [0.717, 1.165) is 134 Å². The molecule has 0 amide bonds. The average Bonchev–Trinajstić information content (AvgIpc) is 1.62. The third-order valence-electron chi connectivity index (χ3n) is 19.0. The van der Waals surface area contributed by atoms with Crippen LogP contribution in [0.5, 0.6) is 92.0 Å². The molecule has 0 aliphatic heterocycles. The molecule has 12 aromatic carbocycles. The van der Waals surface area contributed by atoms with Crippen LogP contribution in [0.4, 0.5) is 0 Å². The van der Waals surface area contributed by atoms with Crippen LogP contribution in [0.15, 0.2) is 273 Å². The molecule has 16 aromatic rings. The van der Waals surface area contributed by atoms with E-state index in [9.17, 15) is 54.9 Å². The number of phenolic OH excluding ortho intramolecular Hbond substituents is 7. The fourth-order valence-electron chi connectivity index (χ4n) is 13.0. The number of carbonyl (C=O) groups excluding carboxylic acids is 1. The maximum absolute atomic E-state index is 11.3. The molecule has 10 N–H and O–H groups in total. The van der Waals surface area contributed by atoms with E-state index in [1.165, 1.54) is 72.0 Å². The van der Waals surface area contributed by atoms with Crippen molar-refractivity contribution in [2.24, 2.45) is 0 Å². The molecule has 0 fully saturated rings. The van der Waals surface area contributed by atoms with Crippen molar-refractivity contribution in [3.8, 4) is 134 Å². The largest absolute Gasteiger partial charge is 0.508 e. The van der Waals surface area contributed by atoms with Gasteiger partial charge in [-0.3, -0.25) is 0 Å². The number of rotatable bonds is 22.